The summed E-state index contributed by atoms with van der Waals surface area (Å²) in [6.45, 7) is 8.62. The van der Waals surface area contributed by atoms with E-state index in [1.54, 1.807) is 0 Å². The third-order valence-corrected chi connectivity index (χ3v) is 4.39. The summed E-state index contributed by atoms with van der Waals surface area (Å²) in [7, 11) is 0. The zero-order chi connectivity index (χ0) is 13.8. The zero-order valence-electron chi connectivity index (χ0n) is 12.4. The van der Waals surface area contributed by atoms with E-state index >= 15 is 0 Å². The van der Waals surface area contributed by atoms with Crippen LogP contribution in [0.3, 0.4) is 0 Å². The van der Waals surface area contributed by atoms with Gasteiger partial charge in [-0.05, 0) is 44.5 Å². The van der Waals surface area contributed by atoms with Crippen molar-refractivity contribution < 1.29 is 0 Å². The Morgan fingerprint density at radius 1 is 1.20 bits per heavy atom. The van der Waals surface area contributed by atoms with E-state index in [-0.39, 0.29) is 0 Å². The molecule has 0 spiro atoms. The lowest BCUT2D eigenvalue weighted by Gasteiger charge is -2.26. The standard InChI is InChI=1S/C15H25N5/c1-2-16-11-13-6-7-15(18-17-13)20-10-4-9-19-8-3-5-14(19)12-20/h6-7,14,16H,2-5,8-12H2,1H3. The highest BCUT2D eigenvalue weighted by atomic mass is 15.3. The average molecular weight is 275 g/mol. The fourth-order valence-corrected chi connectivity index (χ4v) is 3.28. The van der Waals surface area contributed by atoms with Gasteiger partial charge in [-0.3, -0.25) is 4.90 Å². The minimum absolute atomic E-state index is 0.723. The molecular formula is C15H25N5. The third-order valence-electron chi connectivity index (χ3n) is 4.39. The molecule has 5 nitrogen and oxygen atoms in total. The summed E-state index contributed by atoms with van der Waals surface area (Å²) in [5.74, 6) is 1.04. The van der Waals surface area contributed by atoms with E-state index in [4.69, 9.17) is 0 Å². The number of hydrogen-bond donors (Lipinski definition) is 1. The lowest BCUT2D eigenvalue weighted by Crippen LogP contribution is -2.37. The second kappa shape index (κ2) is 6.50. The predicted molar refractivity (Wildman–Crippen MR) is 80.8 cm³/mol. The summed E-state index contributed by atoms with van der Waals surface area (Å²) in [5, 5.41) is 12.0. The SMILES string of the molecule is CCNCc1ccc(N2CCCN3CCCC3C2)nn1. The average Bonchev–Trinajstić information content (AvgIpc) is 2.83. The molecule has 0 radical (unpaired) electrons. The maximum atomic E-state index is 4.43. The predicted octanol–water partition coefficient (Wildman–Crippen LogP) is 1.26. The van der Waals surface area contributed by atoms with E-state index in [2.05, 4.69) is 44.4 Å². The zero-order valence-corrected chi connectivity index (χ0v) is 12.4. The first kappa shape index (κ1) is 13.8. The van der Waals surface area contributed by atoms with Crippen LogP contribution in [0.15, 0.2) is 12.1 Å². The van der Waals surface area contributed by atoms with E-state index in [1.165, 1.54) is 32.4 Å². The molecule has 0 aromatic carbocycles. The van der Waals surface area contributed by atoms with Gasteiger partial charge in [-0.1, -0.05) is 6.92 Å². The van der Waals surface area contributed by atoms with Crippen molar-refractivity contribution in [2.24, 2.45) is 0 Å². The minimum Gasteiger partial charge on any atom is -0.354 e. The molecule has 2 aliphatic heterocycles. The Morgan fingerprint density at radius 2 is 2.10 bits per heavy atom. The molecule has 1 aromatic rings. The summed E-state index contributed by atoms with van der Waals surface area (Å²) >= 11 is 0. The maximum Gasteiger partial charge on any atom is 0.151 e. The van der Waals surface area contributed by atoms with Gasteiger partial charge < -0.3 is 10.2 Å². The summed E-state index contributed by atoms with van der Waals surface area (Å²) < 4.78 is 0. The Kier molecular flexibility index (Phi) is 4.47. The van der Waals surface area contributed by atoms with E-state index in [0.717, 1.165) is 43.7 Å². The second-order valence-electron chi connectivity index (χ2n) is 5.79. The van der Waals surface area contributed by atoms with Crippen molar-refractivity contribution in [2.75, 3.05) is 37.6 Å². The second-order valence-corrected chi connectivity index (χ2v) is 5.79. The highest BCUT2D eigenvalue weighted by molar-refractivity contribution is 5.38. The lowest BCUT2D eigenvalue weighted by molar-refractivity contribution is 0.273. The van der Waals surface area contributed by atoms with Gasteiger partial charge in [-0.15, -0.1) is 5.10 Å². The van der Waals surface area contributed by atoms with E-state index in [9.17, 15) is 0 Å². The first-order chi connectivity index (χ1) is 9.86. The van der Waals surface area contributed by atoms with Gasteiger partial charge in [0.15, 0.2) is 5.82 Å². The van der Waals surface area contributed by atoms with Crippen LogP contribution in [-0.4, -0.2) is 53.9 Å². The number of anilines is 1. The lowest BCUT2D eigenvalue weighted by atomic mass is 10.2. The Labute approximate surface area is 121 Å². The van der Waals surface area contributed by atoms with Crippen LogP contribution in [0.2, 0.25) is 0 Å². The van der Waals surface area contributed by atoms with Gasteiger partial charge in [0, 0.05) is 32.2 Å². The van der Waals surface area contributed by atoms with Crippen molar-refractivity contribution in [3.8, 4) is 0 Å². The summed E-state index contributed by atoms with van der Waals surface area (Å²) in [6, 6.07) is 4.95. The largest absolute Gasteiger partial charge is 0.354 e. The van der Waals surface area contributed by atoms with Crippen molar-refractivity contribution in [3.05, 3.63) is 17.8 Å². The third kappa shape index (κ3) is 3.10. The monoisotopic (exact) mass is 275 g/mol. The molecule has 3 rings (SSSR count). The molecule has 5 heteroatoms. The minimum atomic E-state index is 0.723. The van der Waals surface area contributed by atoms with Gasteiger partial charge >= 0.3 is 0 Å². The van der Waals surface area contributed by atoms with Gasteiger partial charge in [0.2, 0.25) is 0 Å². The Balaban J connectivity index is 1.65. The number of fused-ring (bicyclic) bond motifs is 1. The molecular weight excluding hydrogens is 250 g/mol. The normalized spacial score (nSPS) is 23.6. The van der Waals surface area contributed by atoms with Gasteiger partial charge in [0.25, 0.3) is 0 Å². The van der Waals surface area contributed by atoms with Crippen molar-refractivity contribution in [3.63, 3.8) is 0 Å². The molecule has 1 N–H and O–H groups in total. The fourth-order valence-electron chi connectivity index (χ4n) is 3.28. The van der Waals surface area contributed by atoms with Gasteiger partial charge in [0.1, 0.15) is 0 Å². The molecule has 1 atom stereocenters. The smallest absolute Gasteiger partial charge is 0.151 e. The number of nitrogens with zero attached hydrogens (tertiary/aromatic N) is 4. The summed E-state index contributed by atoms with van der Waals surface area (Å²) in [4.78, 5) is 5.06. The quantitative estimate of drug-likeness (QED) is 0.896. The molecule has 2 aliphatic rings. The Bertz CT molecular complexity index is 419. The van der Waals surface area contributed by atoms with Crippen LogP contribution < -0.4 is 10.2 Å². The summed E-state index contributed by atoms with van der Waals surface area (Å²) in [5.41, 5.74) is 1.02. The number of nitrogens with one attached hydrogen (secondary N) is 1. The number of rotatable bonds is 4. The van der Waals surface area contributed by atoms with Crippen molar-refractivity contribution in [1.29, 1.82) is 0 Å². The molecule has 1 aromatic heterocycles. The first-order valence-electron chi connectivity index (χ1n) is 7.89. The van der Waals surface area contributed by atoms with Crippen LogP contribution in [0.25, 0.3) is 0 Å². The van der Waals surface area contributed by atoms with Gasteiger partial charge in [-0.2, -0.15) is 5.10 Å². The molecule has 110 valence electrons. The highest BCUT2D eigenvalue weighted by Gasteiger charge is 2.29. The van der Waals surface area contributed by atoms with E-state index < -0.39 is 0 Å². The van der Waals surface area contributed by atoms with Crippen molar-refractivity contribution >= 4 is 5.82 Å². The Morgan fingerprint density at radius 3 is 2.90 bits per heavy atom. The molecule has 0 saturated carbocycles. The molecule has 20 heavy (non-hydrogen) atoms. The van der Waals surface area contributed by atoms with Crippen LogP contribution in [0, 0.1) is 0 Å². The number of aromatic nitrogens is 2. The molecule has 0 amide bonds. The fraction of sp³-hybridized carbons (Fsp3) is 0.733. The van der Waals surface area contributed by atoms with Crippen LogP contribution in [0.1, 0.15) is 31.9 Å². The summed E-state index contributed by atoms with van der Waals surface area (Å²) in [6.07, 6.45) is 3.92. The highest BCUT2D eigenvalue weighted by Crippen LogP contribution is 2.23. The number of hydrogen-bond acceptors (Lipinski definition) is 5. The first-order valence-corrected chi connectivity index (χ1v) is 7.89. The molecule has 2 fully saturated rings. The van der Waals surface area contributed by atoms with Crippen LogP contribution in [0.4, 0.5) is 5.82 Å². The van der Waals surface area contributed by atoms with Crippen LogP contribution in [0.5, 0.6) is 0 Å². The van der Waals surface area contributed by atoms with E-state index in [0.29, 0.717) is 0 Å². The molecule has 1 unspecified atom stereocenters. The van der Waals surface area contributed by atoms with Crippen LogP contribution in [-0.2, 0) is 6.54 Å². The van der Waals surface area contributed by atoms with Crippen molar-refractivity contribution in [2.45, 2.75) is 38.8 Å². The van der Waals surface area contributed by atoms with Gasteiger partial charge in [-0.25, -0.2) is 0 Å². The van der Waals surface area contributed by atoms with E-state index in [1.807, 2.05) is 0 Å². The Hall–Kier alpha value is -1.20. The van der Waals surface area contributed by atoms with Crippen LogP contribution >= 0.6 is 0 Å². The molecule has 0 aliphatic carbocycles. The molecule has 3 heterocycles. The van der Waals surface area contributed by atoms with Gasteiger partial charge in [0.05, 0.1) is 5.69 Å². The molecule has 0 bridgehead atoms. The van der Waals surface area contributed by atoms with Crippen molar-refractivity contribution in [1.82, 2.24) is 20.4 Å². The topological polar surface area (TPSA) is 44.3 Å². The molecule has 2 saturated heterocycles. The maximum absolute atomic E-state index is 4.43.